The zero-order valence-corrected chi connectivity index (χ0v) is 12.8. The number of imidazole rings is 1. The number of nitrogens with zero attached hydrogens (tertiary/aromatic N) is 4. The lowest BCUT2D eigenvalue weighted by Gasteiger charge is -2.19. The number of aryl methyl sites for hydroxylation is 1. The predicted molar refractivity (Wildman–Crippen MR) is 79.7 cm³/mol. The highest BCUT2D eigenvalue weighted by atomic mass is 19.1. The quantitative estimate of drug-likeness (QED) is 0.626. The smallest absolute Gasteiger partial charge is 0.406 e. The van der Waals surface area contributed by atoms with E-state index < -0.39 is 10.7 Å². The van der Waals surface area contributed by atoms with E-state index >= 15 is 0 Å². The lowest BCUT2D eigenvalue weighted by atomic mass is 10.2. The molecule has 0 saturated heterocycles. The zero-order chi connectivity index (χ0) is 16.4. The molecule has 118 valence electrons. The summed E-state index contributed by atoms with van der Waals surface area (Å²) in [4.78, 5) is 16.2. The normalized spacial score (nSPS) is 10.6. The standard InChI is InChI=1S/C14H17FN4O3/c1-9-16-13(19(20)21)14(18(9)3)17(2)8-10-5-6-12(22-4)11(15)7-10/h5-7H,8H2,1-4H3. The molecule has 0 N–H and O–H groups in total. The lowest BCUT2D eigenvalue weighted by molar-refractivity contribution is -0.388. The van der Waals surface area contributed by atoms with Gasteiger partial charge in [-0.1, -0.05) is 6.07 Å². The van der Waals surface area contributed by atoms with Crippen LogP contribution in [0, 0.1) is 22.9 Å². The van der Waals surface area contributed by atoms with E-state index in [0.29, 0.717) is 23.8 Å². The highest BCUT2D eigenvalue weighted by Gasteiger charge is 2.26. The Balaban J connectivity index is 2.31. The van der Waals surface area contributed by atoms with Crippen LogP contribution in [-0.2, 0) is 13.6 Å². The molecule has 0 amide bonds. The summed E-state index contributed by atoms with van der Waals surface area (Å²) in [5, 5.41) is 11.1. The SMILES string of the molecule is COc1ccc(CN(C)c2c([N+](=O)[O-])nc(C)n2C)cc1F. The summed E-state index contributed by atoms with van der Waals surface area (Å²) in [6.45, 7) is 2.00. The summed E-state index contributed by atoms with van der Waals surface area (Å²) in [7, 11) is 4.80. The molecule has 1 aromatic heterocycles. The molecular weight excluding hydrogens is 291 g/mol. The van der Waals surface area contributed by atoms with Gasteiger partial charge >= 0.3 is 5.82 Å². The Labute approximate surface area is 127 Å². The van der Waals surface area contributed by atoms with E-state index in [9.17, 15) is 14.5 Å². The number of benzene rings is 1. The maximum atomic E-state index is 13.7. The van der Waals surface area contributed by atoms with Crippen molar-refractivity contribution in [1.29, 1.82) is 0 Å². The van der Waals surface area contributed by atoms with E-state index in [1.165, 1.54) is 19.2 Å². The monoisotopic (exact) mass is 308 g/mol. The van der Waals surface area contributed by atoms with Crippen LogP contribution in [-0.4, -0.2) is 28.6 Å². The summed E-state index contributed by atoms with van der Waals surface area (Å²) in [6, 6.07) is 4.60. The molecule has 0 spiro atoms. The van der Waals surface area contributed by atoms with Crippen molar-refractivity contribution < 1.29 is 14.1 Å². The van der Waals surface area contributed by atoms with Crippen molar-refractivity contribution in [2.24, 2.45) is 7.05 Å². The number of hydrogen-bond donors (Lipinski definition) is 0. The number of nitro groups is 1. The van der Waals surface area contributed by atoms with Crippen LogP contribution < -0.4 is 9.64 Å². The maximum absolute atomic E-state index is 13.7. The second-order valence-electron chi connectivity index (χ2n) is 4.95. The van der Waals surface area contributed by atoms with Crippen LogP contribution in [0.3, 0.4) is 0 Å². The van der Waals surface area contributed by atoms with E-state index in [1.54, 1.807) is 36.6 Å². The van der Waals surface area contributed by atoms with Gasteiger partial charge in [0.15, 0.2) is 11.6 Å². The molecule has 0 aliphatic heterocycles. The summed E-state index contributed by atoms with van der Waals surface area (Å²) in [5.74, 6) is 0.391. The first-order chi connectivity index (χ1) is 10.3. The van der Waals surface area contributed by atoms with Crippen molar-refractivity contribution in [2.45, 2.75) is 13.5 Å². The molecule has 7 nitrogen and oxygen atoms in total. The second kappa shape index (κ2) is 6.00. The molecule has 0 aliphatic rings. The van der Waals surface area contributed by atoms with Gasteiger partial charge in [-0.05, 0) is 27.6 Å². The predicted octanol–water partition coefficient (Wildman–Crippen LogP) is 2.42. The lowest BCUT2D eigenvalue weighted by Crippen LogP contribution is -2.20. The minimum absolute atomic E-state index is 0.161. The summed E-state index contributed by atoms with van der Waals surface area (Å²) >= 11 is 0. The van der Waals surface area contributed by atoms with Crippen molar-refractivity contribution in [3.63, 3.8) is 0 Å². The fraction of sp³-hybridized carbons (Fsp3) is 0.357. The second-order valence-corrected chi connectivity index (χ2v) is 4.95. The molecule has 22 heavy (non-hydrogen) atoms. The third-order valence-corrected chi connectivity index (χ3v) is 3.44. The first kappa shape index (κ1) is 15.7. The Bertz CT molecular complexity index is 714. The average Bonchev–Trinajstić information content (AvgIpc) is 2.75. The van der Waals surface area contributed by atoms with Gasteiger partial charge in [-0.15, -0.1) is 0 Å². The summed E-state index contributed by atoms with van der Waals surface area (Å²) < 4.78 is 20.2. The molecule has 1 aromatic carbocycles. The molecule has 2 aromatic rings. The number of aromatic nitrogens is 2. The van der Waals surface area contributed by atoms with Crippen molar-refractivity contribution in [2.75, 3.05) is 19.1 Å². The van der Waals surface area contributed by atoms with Crippen molar-refractivity contribution in [3.8, 4) is 5.75 Å². The molecule has 0 atom stereocenters. The molecule has 0 unspecified atom stereocenters. The van der Waals surface area contributed by atoms with Crippen LogP contribution in [0.25, 0.3) is 0 Å². The van der Waals surface area contributed by atoms with Gasteiger partial charge in [-0.3, -0.25) is 4.57 Å². The minimum atomic E-state index is -0.520. The van der Waals surface area contributed by atoms with Gasteiger partial charge in [-0.2, -0.15) is 0 Å². The van der Waals surface area contributed by atoms with Crippen LogP contribution in [0.2, 0.25) is 0 Å². The highest BCUT2D eigenvalue weighted by molar-refractivity contribution is 5.55. The first-order valence-electron chi connectivity index (χ1n) is 6.56. The van der Waals surface area contributed by atoms with Crippen LogP contribution in [0.1, 0.15) is 11.4 Å². The Morgan fingerprint density at radius 2 is 2.18 bits per heavy atom. The molecular formula is C14H17FN4O3. The van der Waals surface area contributed by atoms with Crippen LogP contribution in [0.15, 0.2) is 18.2 Å². The highest BCUT2D eigenvalue weighted by Crippen LogP contribution is 2.28. The van der Waals surface area contributed by atoms with Gasteiger partial charge in [0.1, 0.15) is 0 Å². The number of anilines is 1. The molecule has 0 saturated carbocycles. The van der Waals surface area contributed by atoms with Gasteiger partial charge in [0.25, 0.3) is 0 Å². The van der Waals surface area contributed by atoms with Crippen molar-refractivity contribution >= 4 is 11.6 Å². The number of rotatable bonds is 5. The minimum Gasteiger partial charge on any atom is -0.494 e. The van der Waals surface area contributed by atoms with Gasteiger partial charge in [0.2, 0.25) is 11.6 Å². The molecule has 0 bridgehead atoms. The third-order valence-electron chi connectivity index (χ3n) is 3.44. The fourth-order valence-corrected chi connectivity index (χ4v) is 2.29. The number of halogens is 1. The fourth-order valence-electron chi connectivity index (χ4n) is 2.29. The Morgan fingerprint density at radius 3 is 2.73 bits per heavy atom. The average molecular weight is 308 g/mol. The summed E-state index contributed by atoms with van der Waals surface area (Å²) in [6.07, 6.45) is 0. The van der Waals surface area contributed by atoms with Crippen LogP contribution >= 0.6 is 0 Å². The number of methoxy groups -OCH3 is 1. The largest absolute Gasteiger partial charge is 0.494 e. The number of hydrogen-bond acceptors (Lipinski definition) is 5. The van der Waals surface area contributed by atoms with Gasteiger partial charge in [0.05, 0.1) is 7.11 Å². The zero-order valence-electron chi connectivity index (χ0n) is 12.8. The Hall–Kier alpha value is -2.64. The van der Waals surface area contributed by atoms with Gasteiger partial charge < -0.3 is 19.8 Å². The van der Waals surface area contributed by atoms with E-state index in [1.807, 2.05) is 0 Å². The van der Waals surface area contributed by atoms with E-state index in [-0.39, 0.29) is 11.6 Å². The van der Waals surface area contributed by atoms with Crippen molar-refractivity contribution in [3.05, 3.63) is 45.5 Å². The van der Waals surface area contributed by atoms with Crippen LogP contribution in [0.4, 0.5) is 16.0 Å². The molecule has 0 radical (unpaired) electrons. The number of ether oxygens (including phenoxy) is 1. The van der Waals surface area contributed by atoms with Gasteiger partial charge in [-0.25, -0.2) is 4.39 Å². The molecule has 0 aliphatic carbocycles. The van der Waals surface area contributed by atoms with Crippen molar-refractivity contribution in [1.82, 2.24) is 9.55 Å². The molecule has 1 heterocycles. The molecule has 2 rings (SSSR count). The van der Waals surface area contributed by atoms with E-state index in [4.69, 9.17) is 4.74 Å². The maximum Gasteiger partial charge on any atom is 0.406 e. The molecule has 0 fully saturated rings. The van der Waals surface area contributed by atoms with Crippen LogP contribution in [0.5, 0.6) is 5.75 Å². The Morgan fingerprint density at radius 1 is 1.50 bits per heavy atom. The topological polar surface area (TPSA) is 73.4 Å². The van der Waals surface area contributed by atoms with E-state index in [2.05, 4.69) is 4.98 Å². The summed E-state index contributed by atoms with van der Waals surface area (Å²) in [5.41, 5.74) is 0.675. The Kier molecular flexibility index (Phi) is 4.30. The first-order valence-corrected chi connectivity index (χ1v) is 6.56. The van der Waals surface area contributed by atoms with Gasteiger partial charge in [0, 0.05) is 27.6 Å². The molecule has 8 heteroatoms. The third kappa shape index (κ3) is 2.85. The van der Waals surface area contributed by atoms with E-state index in [0.717, 1.165) is 0 Å².